The van der Waals surface area contributed by atoms with Crippen molar-refractivity contribution in [2.45, 2.75) is 50.7 Å². The highest BCUT2D eigenvalue weighted by atomic mass is 19.1. The molecule has 0 aliphatic carbocycles. The van der Waals surface area contributed by atoms with E-state index in [1.165, 1.54) is 18.9 Å². The van der Waals surface area contributed by atoms with E-state index >= 15 is 0 Å². The van der Waals surface area contributed by atoms with Gasteiger partial charge < -0.3 is 10.2 Å². The molecule has 2 aliphatic rings. The quantitative estimate of drug-likeness (QED) is 0.914. The maximum absolute atomic E-state index is 14.2. The molecule has 116 valence electrons. The summed E-state index contributed by atoms with van der Waals surface area (Å²) in [5, 5.41) is 3.43. The zero-order valence-electron chi connectivity index (χ0n) is 12.8. The first-order valence-electron chi connectivity index (χ1n) is 8.00. The first-order chi connectivity index (χ1) is 10.1. The van der Waals surface area contributed by atoms with Crippen LogP contribution in [0.5, 0.6) is 0 Å². The van der Waals surface area contributed by atoms with Gasteiger partial charge in [0, 0.05) is 29.8 Å². The van der Waals surface area contributed by atoms with Crippen LogP contribution in [-0.2, 0) is 0 Å². The molecule has 3 atom stereocenters. The van der Waals surface area contributed by atoms with Gasteiger partial charge >= 0.3 is 0 Å². The third-order valence-electron chi connectivity index (χ3n) is 5.33. The highest BCUT2D eigenvalue weighted by molar-refractivity contribution is 5.23. The molecule has 2 saturated heterocycles. The van der Waals surface area contributed by atoms with Gasteiger partial charge in [-0.1, -0.05) is 13.0 Å². The number of fused-ring (bicyclic) bond motifs is 2. The van der Waals surface area contributed by atoms with Gasteiger partial charge in [0.2, 0.25) is 0 Å². The van der Waals surface area contributed by atoms with E-state index < -0.39 is 11.6 Å². The lowest BCUT2D eigenvalue weighted by molar-refractivity contribution is 0.112. The molecule has 0 amide bonds. The SMILES string of the molecule is CCNC(c1ccc(F)cc1F)C1CC2CCC(C1)N2C. The van der Waals surface area contributed by atoms with Crippen LogP contribution >= 0.6 is 0 Å². The Morgan fingerprint density at radius 1 is 1.24 bits per heavy atom. The maximum Gasteiger partial charge on any atom is 0.130 e. The first kappa shape index (κ1) is 14.9. The lowest BCUT2D eigenvalue weighted by Crippen LogP contribution is -2.44. The summed E-state index contributed by atoms with van der Waals surface area (Å²) in [6, 6.07) is 5.22. The topological polar surface area (TPSA) is 15.3 Å². The highest BCUT2D eigenvalue weighted by Crippen LogP contribution is 2.42. The largest absolute Gasteiger partial charge is 0.310 e. The van der Waals surface area contributed by atoms with Gasteiger partial charge in [-0.3, -0.25) is 0 Å². The van der Waals surface area contributed by atoms with Crippen LogP contribution in [0.3, 0.4) is 0 Å². The number of benzene rings is 1. The molecule has 21 heavy (non-hydrogen) atoms. The molecule has 2 fully saturated rings. The molecular formula is C17H24F2N2. The van der Waals surface area contributed by atoms with Gasteiger partial charge in [-0.2, -0.15) is 0 Å². The molecular weight excluding hydrogens is 270 g/mol. The molecule has 0 saturated carbocycles. The number of hydrogen-bond acceptors (Lipinski definition) is 2. The van der Waals surface area contributed by atoms with Crippen LogP contribution in [0.25, 0.3) is 0 Å². The van der Waals surface area contributed by atoms with Crippen molar-refractivity contribution in [3.8, 4) is 0 Å². The van der Waals surface area contributed by atoms with Crippen molar-refractivity contribution < 1.29 is 8.78 Å². The van der Waals surface area contributed by atoms with E-state index in [4.69, 9.17) is 0 Å². The Morgan fingerprint density at radius 3 is 2.48 bits per heavy atom. The maximum atomic E-state index is 14.2. The van der Waals surface area contributed by atoms with E-state index in [9.17, 15) is 8.78 Å². The molecule has 0 aromatic heterocycles. The van der Waals surface area contributed by atoms with Gasteiger partial charge in [0.1, 0.15) is 11.6 Å². The summed E-state index contributed by atoms with van der Waals surface area (Å²) in [4.78, 5) is 2.49. The lowest BCUT2D eigenvalue weighted by atomic mass is 9.82. The summed E-state index contributed by atoms with van der Waals surface area (Å²) in [6.45, 7) is 2.83. The van der Waals surface area contributed by atoms with Crippen molar-refractivity contribution in [2.75, 3.05) is 13.6 Å². The standard InChI is InChI=1S/C17H24F2N2/c1-3-20-17(15-7-4-12(18)10-16(15)19)11-8-13-5-6-14(9-11)21(13)2/h4,7,10-11,13-14,17,20H,3,5-6,8-9H2,1-2H3. The Labute approximate surface area is 125 Å². The van der Waals surface area contributed by atoms with E-state index in [-0.39, 0.29) is 6.04 Å². The number of rotatable bonds is 4. The number of halogens is 2. The van der Waals surface area contributed by atoms with Crippen LogP contribution in [0.15, 0.2) is 18.2 Å². The van der Waals surface area contributed by atoms with E-state index in [0.29, 0.717) is 23.6 Å². The van der Waals surface area contributed by atoms with Gasteiger partial charge in [-0.25, -0.2) is 8.78 Å². The van der Waals surface area contributed by atoms with Gasteiger partial charge in [0.15, 0.2) is 0 Å². The normalized spacial score (nSPS) is 30.6. The van der Waals surface area contributed by atoms with Gasteiger partial charge in [-0.05, 0) is 51.3 Å². The molecule has 1 N–H and O–H groups in total. The van der Waals surface area contributed by atoms with E-state index in [2.05, 4.69) is 17.3 Å². The summed E-state index contributed by atoms with van der Waals surface area (Å²) >= 11 is 0. The lowest BCUT2D eigenvalue weighted by Gasteiger charge is -2.40. The molecule has 0 spiro atoms. The molecule has 3 rings (SSSR count). The van der Waals surface area contributed by atoms with Crippen LogP contribution in [-0.4, -0.2) is 30.6 Å². The number of nitrogens with zero attached hydrogens (tertiary/aromatic N) is 1. The fourth-order valence-electron chi connectivity index (χ4n) is 4.23. The predicted molar refractivity (Wildman–Crippen MR) is 80.1 cm³/mol. The fraction of sp³-hybridized carbons (Fsp3) is 0.647. The summed E-state index contributed by atoms with van der Waals surface area (Å²) in [6.07, 6.45) is 4.70. The molecule has 4 heteroatoms. The van der Waals surface area contributed by atoms with Crippen LogP contribution < -0.4 is 5.32 Å². The van der Waals surface area contributed by atoms with Crippen molar-refractivity contribution in [1.82, 2.24) is 10.2 Å². The van der Waals surface area contributed by atoms with Gasteiger partial charge in [0.25, 0.3) is 0 Å². The van der Waals surface area contributed by atoms with Crippen molar-refractivity contribution in [2.24, 2.45) is 5.92 Å². The molecule has 1 aromatic rings. The van der Waals surface area contributed by atoms with E-state index in [1.54, 1.807) is 6.07 Å². The summed E-state index contributed by atoms with van der Waals surface area (Å²) in [5.41, 5.74) is 0.618. The second kappa shape index (κ2) is 6.01. The van der Waals surface area contributed by atoms with Crippen molar-refractivity contribution >= 4 is 0 Å². The molecule has 2 bridgehead atoms. The first-order valence-corrected chi connectivity index (χ1v) is 8.00. The van der Waals surface area contributed by atoms with Crippen molar-refractivity contribution in [3.63, 3.8) is 0 Å². The minimum absolute atomic E-state index is 0.00704. The summed E-state index contributed by atoms with van der Waals surface area (Å²) in [5.74, 6) is -0.499. The molecule has 1 aromatic carbocycles. The zero-order valence-corrected chi connectivity index (χ0v) is 12.8. The van der Waals surface area contributed by atoms with Crippen molar-refractivity contribution in [3.05, 3.63) is 35.4 Å². The molecule has 3 unspecified atom stereocenters. The minimum atomic E-state index is -0.505. The summed E-state index contributed by atoms with van der Waals surface area (Å²) in [7, 11) is 2.21. The zero-order chi connectivity index (χ0) is 15.0. The Hall–Kier alpha value is -1.00. The van der Waals surface area contributed by atoms with Crippen LogP contribution in [0.2, 0.25) is 0 Å². The van der Waals surface area contributed by atoms with E-state index in [1.807, 2.05) is 6.92 Å². The predicted octanol–water partition coefficient (Wildman–Crippen LogP) is 3.49. The van der Waals surface area contributed by atoms with Crippen LogP contribution in [0, 0.1) is 17.6 Å². The summed E-state index contributed by atoms with van der Waals surface area (Å²) < 4.78 is 27.3. The van der Waals surface area contributed by atoms with Crippen LogP contribution in [0.1, 0.15) is 44.2 Å². The highest BCUT2D eigenvalue weighted by Gasteiger charge is 2.41. The average molecular weight is 294 g/mol. The van der Waals surface area contributed by atoms with Crippen molar-refractivity contribution in [1.29, 1.82) is 0 Å². The monoisotopic (exact) mass is 294 g/mol. The molecule has 2 aliphatic heterocycles. The Morgan fingerprint density at radius 2 is 1.90 bits per heavy atom. The smallest absolute Gasteiger partial charge is 0.130 e. The molecule has 0 radical (unpaired) electrons. The number of hydrogen-bond donors (Lipinski definition) is 1. The number of nitrogens with one attached hydrogen (secondary N) is 1. The van der Waals surface area contributed by atoms with Crippen LogP contribution in [0.4, 0.5) is 8.78 Å². The fourth-order valence-corrected chi connectivity index (χ4v) is 4.23. The minimum Gasteiger partial charge on any atom is -0.310 e. The van der Waals surface area contributed by atoms with Gasteiger partial charge in [-0.15, -0.1) is 0 Å². The Bertz CT molecular complexity index is 492. The Kier molecular flexibility index (Phi) is 4.27. The molecule has 2 nitrogen and oxygen atoms in total. The second-order valence-corrected chi connectivity index (χ2v) is 6.48. The third kappa shape index (κ3) is 2.84. The molecule has 2 heterocycles. The van der Waals surface area contributed by atoms with E-state index in [0.717, 1.165) is 25.5 Å². The average Bonchev–Trinajstić information content (AvgIpc) is 2.67. The Balaban J connectivity index is 1.85. The van der Waals surface area contributed by atoms with Gasteiger partial charge in [0.05, 0.1) is 0 Å². The third-order valence-corrected chi connectivity index (χ3v) is 5.33. The second-order valence-electron chi connectivity index (χ2n) is 6.48. The number of piperidine rings is 1.